The van der Waals surface area contributed by atoms with Crippen LogP contribution < -0.4 is 23.7 Å². The van der Waals surface area contributed by atoms with Crippen LogP contribution in [0.3, 0.4) is 0 Å². The summed E-state index contributed by atoms with van der Waals surface area (Å²) >= 11 is 0. The van der Waals surface area contributed by atoms with Gasteiger partial charge in [0.2, 0.25) is 0 Å². The number of unbranched alkanes of at least 4 members (excludes halogenated alkanes) is 3. The van der Waals surface area contributed by atoms with E-state index >= 15 is 0 Å². The number of hydrogen-bond acceptors (Lipinski definition) is 10. The number of carbonyl (C=O) groups excluding carboxylic acids is 4. The Morgan fingerprint density at radius 2 is 1.31 bits per heavy atom. The van der Waals surface area contributed by atoms with Crippen molar-refractivity contribution in [3.8, 4) is 28.7 Å². The number of ether oxygens (including phenoxy) is 6. The molecule has 0 heterocycles. The van der Waals surface area contributed by atoms with Gasteiger partial charge >= 0.3 is 23.9 Å². The molecule has 0 aliphatic heterocycles. The maximum atomic E-state index is 12.7. The molecule has 0 saturated carbocycles. The van der Waals surface area contributed by atoms with Gasteiger partial charge in [0.15, 0.2) is 11.5 Å². The van der Waals surface area contributed by atoms with E-state index < -0.39 is 23.9 Å². The first kappa shape index (κ1) is 34.1. The summed E-state index contributed by atoms with van der Waals surface area (Å²) in [6.07, 6.45) is 6.21. The van der Waals surface area contributed by atoms with E-state index in [0.717, 1.165) is 43.4 Å². The molecule has 45 heavy (non-hydrogen) atoms. The third-order valence-corrected chi connectivity index (χ3v) is 6.30. The third kappa shape index (κ3) is 12.0. The second-order valence-corrected chi connectivity index (χ2v) is 9.60. The maximum absolute atomic E-state index is 12.7. The van der Waals surface area contributed by atoms with Gasteiger partial charge in [0, 0.05) is 24.6 Å². The molecule has 0 aromatic heterocycles. The van der Waals surface area contributed by atoms with Crippen LogP contribution in [0.2, 0.25) is 0 Å². The predicted octanol–water partition coefficient (Wildman–Crippen LogP) is 6.21. The third-order valence-electron chi connectivity index (χ3n) is 6.30. The van der Waals surface area contributed by atoms with Crippen molar-refractivity contribution in [3.05, 3.63) is 103 Å². The molecule has 0 unspecified atom stereocenters. The van der Waals surface area contributed by atoms with Gasteiger partial charge in [-0.3, -0.25) is 4.79 Å². The van der Waals surface area contributed by atoms with Crippen LogP contribution >= 0.6 is 0 Å². The Balaban J connectivity index is 1.42. The molecule has 3 aromatic carbocycles. The lowest BCUT2D eigenvalue weighted by Crippen LogP contribution is -2.11. The molecule has 236 valence electrons. The lowest BCUT2D eigenvalue weighted by molar-refractivity contribution is -0.138. The van der Waals surface area contributed by atoms with Crippen molar-refractivity contribution >= 4 is 23.9 Å². The molecule has 3 aromatic rings. The summed E-state index contributed by atoms with van der Waals surface area (Å²) in [5.41, 5.74) is 1.19. The summed E-state index contributed by atoms with van der Waals surface area (Å²) in [4.78, 5) is 47.4. The van der Waals surface area contributed by atoms with Crippen molar-refractivity contribution in [1.82, 2.24) is 0 Å². The van der Waals surface area contributed by atoms with Crippen LogP contribution in [0.1, 0.15) is 48.0 Å². The van der Waals surface area contributed by atoms with Gasteiger partial charge in [0.1, 0.15) is 17.2 Å². The highest BCUT2D eigenvalue weighted by Crippen LogP contribution is 2.32. The Morgan fingerprint density at radius 3 is 1.98 bits per heavy atom. The van der Waals surface area contributed by atoms with Gasteiger partial charge in [-0.1, -0.05) is 25.3 Å². The number of esters is 4. The second-order valence-electron chi connectivity index (χ2n) is 9.60. The van der Waals surface area contributed by atoms with Crippen LogP contribution in [0.15, 0.2) is 92.0 Å². The minimum atomic E-state index is -0.573. The molecular formula is C35H36O10. The maximum Gasteiger partial charge on any atom is 0.343 e. The van der Waals surface area contributed by atoms with E-state index in [1.807, 2.05) is 0 Å². The average Bonchev–Trinajstić information content (AvgIpc) is 3.06. The van der Waals surface area contributed by atoms with Crippen molar-refractivity contribution in [2.75, 3.05) is 20.3 Å². The molecule has 0 aliphatic rings. The number of carbonyl (C=O) groups is 4. The van der Waals surface area contributed by atoms with E-state index in [1.165, 1.54) is 25.3 Å². The van der Waals surface area contributed by atoms with Gasteiger partial charge in [0.25, 0.3) is 0 Å². The minimum Gasteiger partial charge on any atom is -0.494 e. The van der Waals surface area contributed by atoms with Crippen molar-refractivity contribution in [2.45, 2.75) is 38.5 Å². The SMILES string of the molecule is C=CC(=O)OCCCCCCOc1ccc(C(=O)Oc2ccc(OC(=O)CCc3ccc(OC(=O)C=C)cc3)c(OC)c2)cc1. The molecule has 0 radical (unpaired) electrons. The van der Waals surface area contributed by atoms with Crippen molar-refractivity contribution < 1.29 is 47.6 Å². The monoisotopic (exact) mass is 616 g/mol. The molecule has 0 bridgehead atoms. The quantitative estimate of drug-likeness (QED) is 0.0705. The molecule has 0 atom stereocenters. The standard InChI is InChI=1S/C35H36O10/c1-4-32(36)42-23-9-7-6-8-22-41-27-17-13-26(14-18-27)35(39)44-29-19-20-30(31(24-29)40-3)45-34(38)21-12-25-10-15-28(16-11-25)43-33(37)5-2/h4-5,10-11,13-20,24H,1-2,6-9,12,21-23H2,3H3. The Kier molecular flexibility index (Phi) is 13.9. The summed E-state index contributed by atoms with van der Waals surface area (Å²) in [6.45, 7) is 7.61. The van der Waals surface area contributed by atoms with Crippen LogP contribution in [0.5, 0.6) is 28.7 Å². The Bertz CT molecular complexity index is 1460. The zero-order valence-corrected chi connectivity index (χ0v) is 25.2. The molecule has 0 N–H and O–H groups in total. The molecule has 0 saturated heterocycles. The van der Waals surface area contributed by atoms with E-state index in [2.05, 4.69) is 13.2 Å². The Morgan fingerprint density at radius 1 is 0.667 bits per heavy atom. The van der Waals surface area contributed by atoms with Gasteiger partial charge in [-0.15, -0.1) is 0 Å². The summed E-state index contributed by atoms with van der Waals surface area (Å²) in [7, 11) is 1.42. The van der Waals surface area contributed by atoms with Crippen LogP contribution in [0, 0.1) is 0 Å². The first-order chi connectivity index (χ1) is 21.8. The van der Waals surface area contributed by atoms with Crippen LogP contribution in [-0.2, 0) is 25.5 Å². The van der Waals surface area contributed by atoms with E-state index in [1.54, 1.807) is 48.5 Å². The fourth-order valence-corrected chi connectivity index (χ4v) is 3.93. The van der Waals surface area contributed by atoms with Gasteiger partial charge < -0.3 is 28.4 Å². The van der Waals surface area contributed by atoms with Crippen LogP contribution in [0.25, 0.3) is 0 Å². The molecule has 3 rings (SSSR count). The first-order valence-electron chi connectivity index (χ1n) is 14.4. The highest BCUT2D eigenvalue weighted by atomic mass is 16.6. The fraction of sp³-hybridized carbons (Fsp3) is 0.257. The highest BCUT2D eigenvalue weighted by Gasteiger charge is 2.15. The summed E-state index contributed by atoms with van der Waals surface area (Å²) in [5.74, 6) is -0.377. The molecule has 0 amide bonds. The minimum absolute atomic E-state index is 0.0976. The molecule has 10 heteroatoms. The summed E-state index contributed by atoms with van der Waals surface area (Å²) in [6, 6.07) is 17.8. The van der Waals surface area contributed by atoms with Crippen LogP contribution in [-0.4, -0.2) is 44.2 Å². The van der Waals surface area contributed by atoms with E-state index in [4.69, 9.17) is 28.4 Å². The van der Waals surface area contributed by atoms with Gasteiger partial charge in [-0.05, 0) is 86.2 Å². The second kappa shape index (κ2) is 18.3. The van der Waals surface area contributed by atoms with Crippen molar-refractivity contribution in [2.24, 2.45) is 0 Å². The number of benzene rings is 3. The summed E-state index contributed by atoms with van der Waals surface area (Å²) < 4.78 is 32.0. The normalized spacial score (nSPS) is 10.2. The number of aryl methyl sites for hydroxylation is 1. The Hall–Kier alpha value is -5.38. The van der Waals surface area contributed by atoms with E-state index in [-0.39, 0.29) is 23.7 Å². The van der Waals surface area contributed by atoms with Crippen molar-refractivity contribution in [1.29, 1.82) is 0 Å². The van der Waals surface area contributed by atoms with Crippen LogP contribution in [0.4, 0.5) is 0 Å². The summed E-state index contributed by atoms with van der Waals surface area (Å²) in [5, 5.41) is 0. The van der Waals surface area contributed by atoms with Crippen molar-refractivity contribution in [3.63, 3.8) is 0 Å². The zero-order chi connectivity index (χ0) is 32.4. The molecule has 10 nitrogen and oxygen atoms in total. The topological polar surface area (TPSA) is 124 Å². The van der Waals surface area contributed by atoms with Gasteiger partial charge in [0.05, 0.1) is 25.9 Å². The fourth-order valence-electron chi connectivity index (χ4n) is 3.93. The molecule has 0 fully saturated rings. The predicted molar refractivity (Wildman–Crippen MR) is 166 cm³/mol. The number of methoxy groups -OCH3 is 1. The molecule has 0 aliphatic carbocycles. The lowest BCUT2D eigenvalue weighted by Gasteiger charge is -2.12. The van der Waals surface area contributed by atoms with Gasteiger partial charge in [-0.2, -0.15) is 0 Å². The van der Waals surface area contributed by atoms with E-state index in [9.17, 15) is 19.2 Å². The largest absolute Gasteiger partial charge is 0.494 e. The number of hydrogen-bond donors (Lipinski definition) is 0. The average molecular weight is 617 g/mol. The molecule has 0 spiro atoms. The first-order valence-corrected chi connectivity index (χ1v) is 14.4. The smallest absolute Gasteiger partial charge is 0.343 e. The zero-order valence-electron chi connectivity index (χ0n) is 25.2. The lowest BCUT2D eigenvalue weighted by atomic mass is 10.1. The molecular weight excluding hydrogens is 580 g/mol. The highest BCUT2D eigenvalue weighted by molar-refractivity contribution is 5.91. The Labute approximate surface area is 262 Å². The number of rotatable bonds is 18. The van der Waals surface area contributed by atoms with E-state index in [0.29, 0.717) is 36.7 Å². The van der Waals surface area contributed by atoms with Gasteiger partial charge in [-0.25, -0.2) is 14.4 Å².